The SMILES string of the molecule is COc1ccccc1Cc1c(-c2ccc(Cl)cc2)nc2ccc(Br)cn12. The van der Waals surface area contributed by atoms with Crippen LogP contribution >= 0.6 is 27.5 Å². The summed E-state index contributed by atoms with van der Waals surface area (Å²) < 4.78 is 8.67. The molecule has 0 atom stereocenters. The maximum Gasteiger partial charge on any atom is 0.137 e. The molecule has 0 radical (unpaired) electrons. The van der Waals surface area contributed by atoms with Crippen molar-refractivity contribution in [3.05, 3.63) is 87.6 Å². The highest BCUT2D eigenvalue weighted by Gasteiger charge is 2.16. The lowest BCUT2D eigenvalue weighted by Gasteiger charge is -2.10. The monoisotopic (exact) mass is 426 g/mol. The molecule has 4 aromatic rings. The molecule has 3 nitrogen and oxygen atoms in total. The Morgan fingerprint density at radius 2 is 1.81 bits per heavy atom. The van der Waals surface area contributed by atoms with E-state index < -0.39 is 0 Å². The Morgan fingerprint density at radius 1 is 1.04 bits per heavy atom. The molecule has 130 valence electrons. The molecule has 2 heterocycles. The highest BCUT2D eigenvalue weighted by Crippen LogP contribution is 2.30. The topological polar surface area (TPSA) is 26.5 Å². The minimum atomic E-state index is 0.708. The van der Waals surface area contributed by atoms with E-state index in [-0.39, 0.29) is 0 Å². The number of imidazole rings is 1. The predicted octanol–water partition coefficient (Wildman–Crippen LogP) is 6.02. The van der Waals surface area contributed by atoms with Crippen molar-refractivity contribution in [2.45, 2.75) is 6.42 Å². The van der Waals surface area contributed by atoms with Gasteiger partial charge < -0.3 is 9.14 Å². The number of fused-ring (bicyclic) bond motifs is 1. The van der Waals surface area contributed by atoms with Crippen LogP contribution in [0.4, 0.5) is 0 Å². The van der Waals surface area contributed by atoms with Gasteiger partial charge in [0.1, 0.15) is 11.4 Å². The van der Waals surface area contributed by atoms with Crippen LogP contribution < -0.4 is 4.74 Å². The lowest BCUT2D eigenvalue weighted by molar-refractivity contribution is 0.410. The molecule has 0 spiro atoms. The molecular weight excluding hydrogens is 412 g/mol. The first kappa shape index (κ1) is 17.1. The van der Waals surface area contributed by atoms with E-state index in [9.17, 15) is 0 Å². The van der Waals surface area contributed by atoms with E-state index in [1.165, 1.54) is 0 Å². The fraction of sp³-hybridized carbons (Fsp3) is 0.0952. The number of benzene rings is 2. The Kier molecular flexibility index (Phi) is 4.70. The smallest absolute Gasteiger partial charge is 0.137 e. The van der Waals surface area contributed by atoms with Gasteiger partial charge >= 0.3 is 0 Å². The lowest BCUT2D eigenvalue weighted by Crippen LogP contribution is -1.99. The highest BCUT2D eigenvalue weighted by atomic mass is 79.9. The second-order valence-corrected chi connectivity index (χ2v) is 7.33. The molecular formula is C21H16BrClN2O. The number of hydrogen-bond donors (Lipinski definition) is 0. The maximum absolute atomic E-state index is 6.06. The summed E-state index contributed by atoms with van der Waals surface area (Å²) in [6.07, 6.45) is 2.76. The highest BCUT2D eigenvalue weighted by molar-refractivity contribution is 9.10. The van der Waals surface area contributed by atoms with Crippen LogP contribution in [0.5, 0.6) is 5.75 Å². The number of halogens is 2. The van der Waals surface area contributed by atoms with Gasteiger partial charge in [-0.1, -0.05) is 41.9 Å². The fourth-order valence-electron chi connectivity index (χ4n) is 3.10. The molecule has 0 unspecified atom stereocenters. The van der Waals surface area contributed by atoms with Gasteiger partial charge in [-0.05, 0) is 46.3 Å². The van der Waals surface area contributed by atoms with Gasteiger partial charge in [-0.3, -0.25) is 0 Å². The second kappa shape index (κ2) is 7.14. The zero-order chi connectivity index (χ0) is 18.1. The minimum absolute atomic E-state index is 0.708. The van der Waals surface area contributed by atoms with Crippen molar-refractivity contribution in [1.82, 2.24) is 9.38 Å². The van der Waals surface area contributed by atoms with Crippen LogP contribution in [0.25, 0.3) is 16.9 Å². The minimum Gasteiger partial charge on any atom is -0.496 e. The first-order valence-corrected chi connectivity index (χ1v) is 9.37. The third-order valence-corrected chi connectivity index (χ3v) is 5.07. The number of rotatable bonds is 4. The number of hydrogen-bond acceptors (Lipinski definition) is 2. The number of nitrogens with zero attached hydrogens (tertiary/aromatic N) is 2. The fourth-order valence-corrected chi connectivity index (χ4v) is 3.57. The summed E-state index contributed by atoms with van der Waals surface area (Å²) in [6.45, 7) is 0. The Morgan fingerprint density at radius 3 is 2.58 bits per heavy atom. The third kappa shape index (κ3) is 3.22. The summed E-state index contributed by atoms with van der Waals surface area (Å²) in [6, 6.07) is 19.9. The van der Waals surface area contributed by atoms with Gasteiger partial charge in [0.25, 0.3) is 0 Å². The first-order valence-electron chi connectivity index (χ1n) is 8.20. The van der Waals surface area contributed by atoms with E-state index in [1.54, 1.807) is 7.11 Å². The van der Waals surface area contributed by atoms with E-state index in [1.807, 2.05) is 60.8 Å². The van der Waals surface area contributed by atoms with Gasteiger partial charge in [-0.25, -0.2) is 4.98 Å². The van der Waals surface area contributed by atoms with Crippen LogP contribution in [0.1, 0.15) is 11.3 Å². The number of pyridine rings is 1. The van der Waals surface area contributed by atoms with E-state index in [4.69, 9.17) is 21.3 Å². The molecule has 2 aromatic carbocycles. The van der Waals surface area contributed by atoms with Gasteiger partial charge in [-0.15, -0.1) is 0 Å². The molecule has 0 aliphatic carbocycles. The molecule has 26 heavy (non-hydrogen) atoms. The Labute approximate surface area is 165 Å². The molecule has 0 saturated carbocycles. The quantitative estimate of drug-likeness (QED) is 0.398. The number of aromatic nitrogens is 2. The van der Waals surface area contributed by atoms with Crippen molar-refractivity contribution < 1.29 is 4.74 Å². The number of methoxy groups -OCH3 is 1. The molecule has 0 amide bonds. The summed E-state index contributed by atoms with van der Waals surface area (Å²) >= 11 is 9.62. The predicted molar refractivity (Wildman–Crippen MR) is 109 cm³/mol. The zero-order valence-corrected chi connectivity index (χ0v) is 16.5. The molecule has 0 aliphatic rings. The van der Waals surface area contributed by atoms with Crippen LogP contribution in [0.3, 0.4) is 0 Å². The van der Waals surface area contributed by atoms with Gasteiger partial charge in [0.15, 0.2) is 0 Å². The molecule has 0 aliphatic heterocycles. The van der Waals surface area contributed by atoms with Crippen LogP contribution in [0.2, 0.25) is 5.02 Å². The molecule has 0 fully saturated rings. The second-order valence-electron chi connectivity index (χ2n) is 5.98. The van der Waals surface area contributed by atoms with Gasteiger partial charge in [0, 0.05) is 33.2 Å². The van der Waals surface area contributed by atoms with Crippen molar-refractivity contribution in [2.75, 3.05) is 7.11 Å². The summed E-state index contributed by atoms with van der Waals surface area (Å²) in [5, 5.41) is 0.714. The average Bonchev–Trinajstić information content (AvgIpc) is 3.00. The molecule has 2 aromatic heterocycles. The van der Waals surface area contributed by atoms with Gasteiger partial charge in [0.05, 0.1) is 18.5 Å². The summed E-state index contributed by atoms with van der Waals surface area (Å²) in [7, 11) is 1.70. The van der Waals surface area contributed by atoms with Crippen LogP contribution in [0.15, 0.2) is 71.3 Å². The number of para-hydroxylation sites is 1. The largest absolute Gasteiger partial charge is 0.496 e. The van der Waals surface area contributed by atoms with Gasteiger partial charge in [0.2, 0.25) is 0 Å². The Hall–Kier alpha value is -2.30. The van der Waals surface area contributed by atoms with Crippen molar-refractivity contribution in [1.29, 1.82) is 0 Å². The van der Waals surface area contributed by atoms with Crippen molar-refractivity contribution in [3.8, 4) is 17.0 Å². The maximum atomic E-state index is 6.06. The Balaban J connectivity index is 1.91. The zero-order valence-electron chi connectivity index (χ0n) is 14.1. The normalized spacial score (nSPS) is 11.0. The van der Waals surface area contributed by atoms with Crippen molar-refractivity contribution >= 4 is 33.2 Å². The van der Waals surface area contributed by atoms with Crippen molar-refractivity contribution in [2.24, 2.45) is 0 Å². The summed E-state index contributed by atoms with van der Waals surface area (Å²) in [5.41, 5.74) is 5.12. The van der Waals surface area contributed by atoms with Crippen LogP contribution in [-0.2, 0) is 6.42 Å². The van der Waals surface area contributed by atoms with E-state index >= 15 is 0 Å². The summed E-state index contributed by atoms with van der Waals surface area (Å²) in [4.78, 5) is 4.86. The van der Waals surface area contributed by atoms with Crippen LogP contribution in [-0.4, -0.2) is 16.5 Å². The van der Waals surface area contributed by atoms with E-state index in [0.717, 1.165) is 38.4 Å². The standard InChI is InChI=1S/C21H16BrClN2O/c1-26-19-5-3-2-4-15(19)12-18-21(14-6-9-17(23)10-7-14)24-20-11-8-16(22)13-25(18)20/h2-11,13H,12H2,1H3. The molecule has 0 N–H and O–H groups in total. The summed E-state index contributed by atoms with van der Waals surface area (Å²) in [5.74, 6) is 0.875. The third-order valence-electron chi connectivity index (χ3n) is 4.35. The first-order chi connectivity index (χ1) is 12.7. The van der Waals surface area contributed by atoms with Gasteiger partial charge in [-0.2, -0.15) is 0 Å². The molecule has 4 rings (SSSR count). The average molecular weight is 428 g/mol. The van der Waals surface area contributed by atoms with Crippen molar-refractivity contribution in [3.63, 3.8) is 0 Å². The lowest BCUT2D eigenvalue weighted by atomic mass is 10.0. The molecule has 0 saturated heterocycles. The van der Waals surface area contributed by atoms with E-state index in [2.05, 4.69) is 26.4 Å². The van der Waals surface area contributed by atoms with E-state index in [0.29, 0.717) is 11.4 Å². The Bertz CT molecular complexity index is 1070. The van der Waals surface area contributed by atoms with Crippen LogP contribution in [0, 0.1) is 0 Å². The number of ether oxygens (including phenoxy) is 1. The molecule has 5 heteroatoms. The molecule has 0 bridgehead atoms.